The Morgan fingerprint density at radius 2 is 1.56 bits per heavy atom. The standard InChI is InChI=1S/C17H15NO7/c1-2-24-17(23)12-9-13(19)11(8-14(12)20)15(21)18-25-16(22)10-6-4-3-5-7-10/h3-9,19-20H,2H2,1H3,(H,18,21). The Kier molecular flexibility index (Phi) is 5.57. The van der Waals surface area contributed by atoms with E-state index >= 15 is 0 Å². The van der Waals surface area contributed by atoms with E-state index in [9.17, 15) is 24.6 Å². The minimum atomic E-state index is -0.979. The van der Waals surface area contributed by atoms with Gasteiger partial charge in [-0.05, 0) is 31.2 Å². The molecule has 0 spiro atoms. The highest BCUT2D eigenvalue weighted by Crippen LogP contribution is 2.27. The molecular formula is C17H15NO7. The first-order valence-corrected chi connectivity index (χ1v) is 7.23. The molecule has 2 aromatic rings. The number of phenolic OH excluding ortho intramolecular Hbond substituents is 2. The van der Waals surface area contributed by atoms with Crippen LogP contribution in [-0.2, 0) is 9.57 Å². The average Bonchev–Trinajstić information content (AvgIpc) is 2.61. The van der Waals surface area contributed by atoms with Gasteiger partial charge in [-0.2, -0.15) is 5.48 Å². The maximum absolute atomic E-state index is 12.0. The number of hydrogen-bond donors (Lipinski definition) is 3. The van der Waals surface area contributed by atoms with Crippen LogP contribution in [0.1, 0.15) is 38.0 Å². The van der Waals surface area contributed by atoms with E-state index in [2.05, 4.69) is 4.84 Å². The second-order valence-electron chi connectivity index (χ2n) is 4.79. The summed E-state index contributed by atoms with van der Waals surface area (Å²) in [6.07, 6.45) is 0. The van der Waals surface area contributed by atoms with Crippen molar-refractivity contribution in [3.63, 3.8) is 0 Å². The van der Waals surface area contributed by atoms with Crippen molar-refractivity contribution >= 4 is 17.8 Å². The summed E-state index contributed by atoms with van der Waals surface area (Å²) in [5, 5.41) is 19.7. The zero-order chi connectivity index (χ0) is 18.4. The van der Waals surface area contributed by atoms with Crippen LogP contribution in [0.5, 0.6) is 11.5 Å². The van der Waals surface area contributed by atoms with Gasteiger partial charge in [0.15, 0.2) is 0 Å². The van der Waals surface area contributed by atoms with Gasteiger partial charge in [0.1, 0.15) is 17.1 Å². The molecule has 2 rings (SSSR count). The number of aromatic hydroxyl groups is 2. The summed E-state index contributed by atoms with van der Waals surface area (Å²) < 4.78 is 4.71. The van der Waals surface area contributed by atoms with Crippen molar-refractivity contribution in [3.05, 3.63) is 59.2 Å². The quantitative estimate of drug-likeness (QED) is 0.438. The molecule has 0 unspecified atom stereocenters. The lowest BCUT2D eigenvalue weighted by atomic mass is 10.1. The molecule has 0 fully saturated rings. The number of phenols is 2. The van der Waals surface area contributed by atoms with Crippen LogP contribution >= 0.6 is 0 Å². The first-order chi connectivity index (χ1) is 11.9. The largest absolute Gasteiger partial charge is 0.507 e. The van der Waals surface area contributed by atoms with Crippen LogP contribution in [0.15, 0.2) is 42.5 Å². The monoisotopic (exact) mass is 345 g/mol. The highest BCUT2D eigenvalue weighted by Gasteiger charge is 2.20. The molecule has 130 valence electrons. The van der Waals surface area contributed by atoms with Crippen LogP contribution in [-0.4, -0.2) is 34.7 Å². The predicted octanol–water partition coefficient (Wildman–Crippen LogP) is 1.78. The smallest absolute Gasteiger partial charge is 0.362 e. The third-order valence-electron chi connectivity index (χ3n) is 3.10. The third-order valence-corrected chi connectivity index (χ3v) is 3.10. The van der Waals surface area contributed by atoms with E-state index in [0.29, 0.717) is 0 Å². The van der Waals surface area contributed by atoms with Crippen molar-refractivity contribution in [1.82, 2.24) is 5.48 Å². The molecule has 1 amide bonds. The lowest BCUT2D eigenvalue weighted by Crippen LogP contribution is -2.27. The molecule has 0 radical (unpaired) electrons. The number of hydrogen-bond acceptors (Lipinski definition) is 7. The van der Waals surface area contributed by atoms with Gasteiger partial charge in [-0.3, -0.25) is 4.79 Å². The maximum Gasteiger partial charge on any atom is 0.362 e. The Hall–Kier alpha value is -3.55. The number of esters is 1. The lowest BCUT2D eigenvalue weighted by molar-refractivity contribution is 0.0229. The van der Waals surface area contributed by atoms with E-state index < -0.39 is 29.3 Å². The van der Waals surface area contributed by atoms with E-state index in [-0.39, 0.29) is 23.3 Å². The van der Waals surface area contributed by atoms with E-state index in [4.69, 9.17) is 4.74 Å². The molecule has 8 nitrogen and oxygen atoms in total. The van der Waals surface area contributed by atoms with Gasteiger partial charge in [-0.1, -0.05) is 18.2 Å². The van der Waals surface area contributed by atoms with Crippen molar-refractivity contribution in [2.45, 2.75) is 6.92 Å². The highest BCUT2D eigenvalue weighted by atomic mass is 16.7. The molecule has 0 aromatic heterocycles. The van der Waals surface area contributed by atoms with Crippen LogP contribution in [0.3, 0.4) is 0 Å². The van der Waals surface area contributed by atoms with Gasteiger partial charge in [0.25, 0.3) is 5.91 Å². The summed E-state index contributed by atoms with van der Waals surface area (Å²) in [6, 6.07) is 9.69. The Morgan fingerprint density at radius 3 is 2.20 bits per heavy atom. The molecule has 0 atom stereocenters. The fourth-order valence-electron chi connectivity index (χ4n) is 1.91. The summed E-state index contributed by atoms with van der Waals surface area (Å²) in [6.45, 7) is 1.66. The Bertz CT molecular complexity index is 802. The number of carbonyl (C=O) groups excluding carboxylic acids is 3. The molecule has 8 heteroatoms. The van der Waals surface area contributed by atoms with E-state index in [0.717, 1.165) is 12.1 Å². The number of amides is 1. The fraction of sp³-hybridized carbons (Fsp3) is 0.118. The van der Waals surface area contributed by atoms with Crippen molar-refractivity contribution in [2.75, 3.05) is 6.61 Å². The van der Waals surface area contributed by atoms with E-state index in [1.165, 1.54) is 12.1 Å². The van der Waals surface area contributed by atoms with Crippen LogP contribution in [0.2, 0.25) is 0 Å². The highest BCUT2D eigenvalue weighted by molar-refractivity contribution is 6.01. The second-order valence-corrected chi connectivity index (χ2v) is 4.79. The molecule has 0 aliphatic rings. The number of carbonyl (C=O) groups is 3. The van der Waals surface area contributed by atoms with Gasteiger partial charge >= 0.3 is 11.9 Å². The number of hydroxylamine groups is 1. The second kappa shape index (κ2) is 7.82. The molecular weight excluding hydrogens is 330 g/mol. The number of nitrogens with one attached hydrogen (secondary N) is 1. The van der Waals surface area contributed by atoms with E-state index in [1.807, 2.05) is 5.48 Å². The molecule has 25 heavy (non-hydrogen) atoms. The Morgan fingerprint density at radius 1 is 0.960 bits per heavy atom. The molecule has 0 heterocycles. The fourth-order valence-corrected chi connectivity index (χ4v) is 1.91. The predicted molar refractivity (Wildman–Crippen MR) is 85.1 cm³/mol. The van der Waals surface area contributed by atoms with Crippen LogP contribution in [0.25, 0.3) is 0 Å². The summed E-state index contributed by atoms with van der Waals surface area (Å²) in [5.41, 5.74) is 1.40. The average molecular weight is 345 g/mol. The van der Waals surface area contributed by atoms with Gasteiger partial charge in [-0.15, -0.1) is 0 Å². The molecule has 2 aromatic carbocycles. The molecule has 0 saturated heterocycles. The van der Waals surface area contributed by atoms with Crippen LogP contribution in [0, 0.1) is 0 Å². The minimum absolute atomic E-state index is 0.0801. The Balaban J connectivity index is 2.10. The van der Waals surface area contributed by atoms with Crippen molar-refractivity contribution in [3.8, 4) is 11.5 Å². The van der Waals surface area contributed by atoms with Gasteiger partial charge in [0.2, 0.25) is 0 Å². The number of ether oxygens (including phenoxy) is 1. The summed E-state index contributed by atoms with van der Waals surface area (Å²) in [4.78, 5) is 40.0. The maximum atomic E-state index is 12.0. The molecule has 0 saturated carbocycles. The zero-order valence-corrected chi connectivity index (χ0v) is 13.2. The van der Waals surface area contributed by atoms with Crippen LogP contribution < -0.4 is 5.48 Å². The van der Waals surface area contributed by atoms with Crippen molar-refractivity contribution in [2.24, 2.45) is 0 Å². The first-order valence-electron chi connectivity index (χ1n) is 7.23. The lowest BCUT2D eigenvalue weighted by Gasteiger charge is -2.10. The molecule has 0 bridgehead atoms. The zero-order valence-electron chi connectivity index (χ0n) is 13.2. The van der Waals surface area contributed by atoms with Gasteiger partial charge in [0, 0.05) is 0 Å². The van der Waals surface area contributed by atoms with Crippen molar-refractivity contribution in [1.29, 1.82) is 0 Å². The van der Waals surface area contributed by atoms with Gasteiger partial charge in [-0.25, -0.2) is 9.59 Å². The molecule has 3 N–H and O–H groups in total. The summed E-state index contributed by atoms with van der Waals surface area (Å²) in [5.74, 6) is -3.78. The SMILES string of the molecule is CCOC(=O)c1cc(O)c(C(=O)NOC(=O)c2ccccc2)cc1O. The minimum Gasteiger partial charge on any atom is -0.507 e. The number of benzene rings is 2. The first kappa shape index (κ1) is 17.8. The topological polar surface area (TPSA) is 122 Å². The summed E-state index contributed by atoms with van der Waals surface area (Å²) >= 11 is 0. The van der Waals surface area contributed by atoms with Gasteiger partial charge in [0.05, 0.1) is 17.7 Å². The van der Waals surface area contributed by atoms with Gasteiger partial charge < -0.3 is 19.8 Å². The van der Waals surface area contributed by atoms with Crippen LogP contribution in [0.4, 0.5) is 0 Å². The molecule has 0 aliphatic carbocycles. The number of rotatable bonds is 4. The molecule has 0 aliphatic heterocycles. The normalized spacial score (nSPS) is 9.96. The van der Waals surface area contributed by atoms with Crippen molar-refractivity contribution < 1.29 is 34.2 Å². The Labute approximate surface area is 142 Å². The summed E-state index contributed by atoms with van der Waals surface area (Å²) in [7, 11) is 0. The third kappa shape index (κ3) is 4.25. The van der Waals surface area contributed by atoms with E-state index in [1.54, 1.807) is 25.1 Å².